The van der Waals surface area contributed by atoms with Crippen molar-refractivity contribution in [1.29, 1.82) is 0 Å². The summed E-state index contributed by atoms with van der Waals surface area (Å²) in [6.07, 6.45) is 1.27. The molecule has 1 fully saturated rings. The fourth-order valence-corrected chi connectivity index (χ4v) is 5.85. The summed E-state index contributed by atoms with van der Waals surface area (Å²) in [7, 11) is -2.88. The number of halogens is 1. The van der Waals surface area contributed by atoms with E-state index < -0.39 is 9.84 Å². The van der Waals surface area contributed by atoms with Crippen LogP contribution in [0.5, 0.6) is 0 Å². The number of hydrogen-bond donors (Lipinski definition) is 1. The molecule has 2 heterocycles. The number of benzene rings is 2. The molecular weight excluding hydrogens is 428 g/mol. The third kappa shape index (κ3) is 4.69. The van der Waals surface area contributed by atoms with Gasteiger partial charge in [0.2, 0.25) is 0 Å². The highest BCUT2D eigenvalue weighted by atomic mass is 35.5. The van der Waals surface area contributed by atoms with Gasteiger partial charge in [-0.25, -0.2) is 13.4 Å². The molecule has 1 aromatic heterocycles. The van der Waals surface area contributed by atoms with Gasteiger partial charge >= 0.3 is 0 Å². The van der Waals surface area contributed by atoms with E-state index in [9.17, 15) is 13.2 Å². The predicted molar refractivity (Wildman–Crippen MR) is 118 cm³/mol. The Morgan fingerprint density at radius 2 is 1.76 bits per heavy atom. The number of carbonyl (C=O) groups excluding carboxylic acids is 1. The minimum atomic E-state index is -2.88. The van der Waals surface area contributed by atoms with Crippen molar-refractivity contribution in [3.05, 3.63) is 70.1 Å². The standard InChI is InChI=1S/C21H19ClN2O3S2/c22-18-4-2-1-3-17(18)19-13-28-21(23-19)24-20(25)16-7-5-14(6-8-16)15-9-11-29(26,27)12-10-15/h1-8,13,15H,9-12H2,(H,23,24,25). The average molecular weight is 447 g/mol. The summed E-state index contributed by atoms with van der Waals surface area (Å²) < 4.78 is 23.2. The third-order valence-electron chi connectivity index (χ3n) is 5.07. The van der Waals surface area contributed by atoms with Gasteiger partial charge in [-0.05, 0) is 42.5 Å². The smallest absolute Gasteiger partial charge is 0.257 e. The second-order valence-corrected chi connectivity index (χ2v) is 10.6. The molecule has 1 amide bonds. The Kier molecular flexibility index (Phi) is 5.72. The Bertz CT molecular complexity index is 1130. The number of aromatic nitrogens is 1. The van der Waals surface area contributed by atoms with Crippen LogP contribution >= 0.6 is 22.9 Å². The molecule has 0 atom stereocenters. The molecule has 4 rings (SSSR count). The van der Waals surface area contributed by atoms with E-state index in [1.54, 1.807) is 18.2 Å². The van der Waals surface area contributed by atoms with Gasteiger partial charge in [-0.2, -0.15) is 0 Å². The van der Waals surface area contributed by atoms with Crippen LogP contribution in [0.25, 0.3) is 11.3 Å². The van der Waals surface area contributed by atoms with E-state index in [1.807, 2.05) is 35.7 Å². The molecule has 8 heteroatoms. The summed E-state index contributed by atoms with van der Waals surface area (Å²) in [5, 5.41) is 5.80. The summed E-state index contributed by atoms with van der Waals surface area (Å²) in [6, 6.07) is 14.8. The van der Waals surface area contributed by atoms with E-state index in [0.717, 1.165) is 16.8 Å². The first kappa shape index (κ1) is 20.1. The van der Waals surface area contributed by atoms with Gasteiger partial charge in [0.05, 0.1) is 17.2 Å². The number of rotatable bonds is 4. The lowest BCUT2D eigenvalue weighted by Crippen LogP contribution is -2.22. The molecule has 5 nitrogen and oxygen atoms in total. The van der Waals surface area contributed by atoms with Crippen LogP contribution in [0.15, 0.2) is 53.9 Å². The van der Waals surface area contributed by atoms with Crippen molar-refractivity contribution in [2.75, 3.05) is 16.8 Å². The highest BCUT2D eigenvalue weighted by molar-refractivity contribution is 7.91. The number of thiazole rings is 1. The Morgan fingerprint density at radius 3 is 2.45 bits per heavy atom. The number of anilines is 1. The van der Waals surface area contributed by atoms with Crippen molar-refractivity contribution in [3.63, 3.8) is 0 Å². The highest BCUT2D eigenvalue weighted by Gasteiger charge is 2.24. The number of hydrogen-bond acceptors (Lipinski definition) is 5. The van der Waals surface area contributed by atoms with Gasteiger partial charge in [0.25, 0.3) is 5.91 Å². The fraction of sp³-hybridized carbons (Fsp3) is 0.238. The lowest BCUT2D eigenvalue weighted by atomic mass is 9.93. The Hall–Kier alpha value is -2.22. The van der Waals surface area contributed by atoms with E-state index in [2.05, 4.69) is 10.3 Å². The molecule has 0 saturated carbocycles. The Labute approximate surface area is 178 Å². The number of nitrogens with zero attached hydrogens (tertiary/aromatic N) is 1. The van der Waals surface area contributed by atoms with Crippen LogP contribution in [-0.2, 0) is 9.84 Å². The molecule has 1 N–H and O–H groups in total. The van der Waals surface area contributed by atoms with E-state index >= 15 is 0 Å². The van der Waals surface area contributed by atoms with Gasteiger partial charge in [-0.3, -0.25) is 10.1 Å². The maximum atomic E-state index is 12.5. The van der Waals surface area contributed by atoms with Crippen molar-refractivity contribution in [1.82, 2.24) is 4.98 Å². The Balaban J connectivity index is 1.42. The zero-order valence-corrected chi connectivity index (χ0v) is 17.9. The van der Waals surface area contributed by atoms with Crippen LogP contribution < -0.4 is 5.32 Å². The van der Waals surface area contributed by atoms with Gasteiger partial charge in [-0.15, -0.1) is 11.3 Å². The van der Waals surface area contributed by atoms with Gasteiger partial charge in [0.1, 0.15) is 9.84 Å². The van der Waals surface area contributed by atoms with Crippen LogP contribution in [0.4, 0.5) is 5.13 Å². The molecule has 1 aliphatic heterocycles. The minimum Gasteiger partial charge on any atom is -0.298 e. The van der Waals surface area contributed by atoms with Gasteiger partial charge in [0.15, 0.2) is 5.13 Å². The van der Waals surface area contributed by atoms with Crippen molar-refractivity contribution in [2.45, 2.75) is 18.8 Å². The lowest BCUT2D eigenvalue weighted by Gasteiger charge is -2.22. The summed E-state index contributed by atoms with van der Waals surface area (Å²) in [5.74, 6) is 0.464. The first-order valence-electron chi connectivity index (χ1n) is 9.23. The fourth-order valence-electron chi connectivity index (χ4n) is 3.42. The second-order valence-electron chi connectivity index (χ2n) is 7.02. The first-order chi connectivity index (χ1) is 13.9. The van der Waals surface area contributed by atoms with E-state index in [4.69, 9.17) is 11.6 Å². The summed E-state index contributed by atoms with van der Waals surface area (Å²) >= 11 is 7.55. The largest absolute Gasteiger partial charge is 0.298 e. The Morgan fingerprint density at radius 1 is 1.07 bits per heavy atom. The molecule has 29 heavy (non-hydrogen) atoms. The second kappa shape index (κ2) is 8.26. The zero-order chi connectivity index (χ0) is 20.4. The van der Waals surface area contributed by atoms with Gasteiger partial charge < -0.3 is 0 Å². The maximum absolute atomic E-state index is 12.5. The molecule has 0 aliphatic carbocycles. The van der Waals surface area contributed by atoms with Crippen LogP contribution in [0.3, 0.4) is 0 Å². The number of amides is 1. The summed E-state index contributed by atoms with van der Waals surface area (Å²) in [6.45, 7) is 0. The number of nitrogens with one attached hydrogen (secondary N) is 1. The molecule has 0 radical (unpaired) electrons. The summed E-state index contributed by atoms with van der Waals surface area (Å²) in [5.41, 5.74) is 3.15. The van der Waals surface area contributed by atoms with Crippen LogP contribution in [0.2, 0.25) is 5.02 Å². The topological polar surface area (TPSA) is 76.1 Å². The third-order valence-corrected chi connectivity index (χ3v) is 7.88. The van der Waals surface area contributed by atoms with Crippen molar-refractivity contribution >= 4 is 43.8 Å². The van der Waals surface area contributed by atoms with E-state index in [0.29, 0.717) is 28.6 Å². The van der Waals surface area contributed by atoms with Crippen LogP contribution in [-0.4, -0.2) is 30.8 Å². The monoisotopic (exact) mass is 446 g/mol. The molecule has 1 saturated heterocycles. The van der Waals surface area contributed by atoms with E-state index in [1.165, 1.54) is 11.3 Å². The van der Waals surface area contributed by atoms with Crippen molar-refractivity contribution in [2.24, 2.45) is 0 Å². The molecule has 2 aromatic carbocycles. The zero-order valence-electron chi connectivity index (χ0n) is 15.5. The quantitative estimate of drug-likeness (QED) is 0.611. The van der Waals surface area contributed by atoms with E-state index in [-0.39, 0.29) is 23.3 Å². The maximum Gasteiger partial charge on any atom is 0.257 e. The molecule has 1 aliphatic rings. The van der Waals surface area contributed by atoms with Gasteiger partial charge in [-0.1, -0.05) is 41.9 Å². The first-order valence-corrected chi connectivity index (χ1v) is 12.3. The molecular formula is C21H19ClN2O3S2. The number of carbonyl (C=O) groups is 1. The molecule has 150 valence electrons. The van der Waals surface area contributed by atoms with Crippen LogP contribution in [0, 0.1) is 0 Å². The average Bonchev–Trinajstić information content (AvgIpc) is 3.16. The minimum absolute atomic E-state index is 0.229. The molecule has 0 spiro atoms. The summed E-state index contributed by atoms with van der Waals surface area (Å²) in [4.78, 5) is 17.0. The van der Waals surface area contributed by atoms with Gasteiger partial charge in [0, 0.05) is 21.5 Å². The normalized spacial score (nSPS) is 16.4. The molecule has 0 bridgehead atoms. The highest BCUT2D eigenvalue weighted by Crippen LogP contribution is 2.31. The number of sulfone groups is 1. The molecule has 3 aromatic rings. The SMILES string of the molecule is O=C(Nc1nc(-c2ccccc2Cl)cs1)c1ccc(C2CCS(=O)(=O)CC2)cc1. The van der Waals surface area contributed by atoms with Crippen molar-refractivity contribution < 1.29 is 13.2 Å². The van der Waals surface area contributed by atoms with Crippen molar-refractivity contribution in [3.8, 4) is 11.3 Å². The molecule has 0 unspecified atom stereocenters. The van der Waals surface area contributed by atoms with Crippen LogP contribution in [0.1, 0.15) is 34.7 Å². The predicted octanol–water partition coefficient (Wildman–Crippen LogP) is 5.01. The lowest BCUT2D eigenvalue weighted by molar-refractivity contribution is 0.102.